The summed E-state index contributed by atoms with van der Waals surface area (Å²) in [5, 5.41) is 8.28. The molecule has 0 amide bonds. The van der Waals surface area contributed by atoms with Crippen molar-refractivity contribution in [1.29, 1.82) is 5.26 Å². The summed E-state index contributed by atoms with van der Waals surface area (Å²) in [4.78, 5) is 0. The van der Waals surface area contributed by atoms with Gasteiger partial charge in [0.15, 0.2) is 0 Å². The van der Waals surface area contributed by atoms with Gasteiger partial charge in [-0.1, -0.05) is 0 Å². The highest BCUT2D eigenvalue weighted by molar-refractivity contribution is 5.06. The molecule has 3 heteroatoms. The van der Waals surface area contributed by atoms with Crippen LogP contribution in [0.3, 0.4) is 0 Å². The number of rotatable bonds is 1. The predicted molar refractivity (Wildman–Crippen MR) is 27.9 cm³/mol. The maximum Gasteiger partial charge on any atom is 0.257 e. The number of alkyl halides is 2. The summed E-state index contributed by atoms with van der Waals surface area (Å²) in [6.45, 7) is 0. The van der Waals surface area contributed by atoms with Crippen molar-refractivity contribution in [1.82, 2.24) is 0 Å². The van der Waals surface area contributed by atoms with Crippen molar-refractivity contribution < 1.29 is 8.78 Å². The number of nitriles is 1. The first-order valence-electron chi connectivity index (χ1n) is 2.91. The van der Waals surface area contributed by atoms with Crippen molar-refractivity contribution in [2.24, 2.45) is 5.41 Å². The van der Waals surface area contributed by atoms with Crippen molar-refractivity contribution in [2.45, 2.75) is 25.7 Å². The van der Waals surface area contributed by atoms with Crippen LogP contribution in [-0.2, 0) is 0 Å². The highest BCUT2D eigenvalue weighted by atomic mass is 19.3. The molecule has 0 aromatic heterocycles. The van der Waals surface area contributed by atoms with E-state index in [1.165, 1.54) is 0 Å². The molecule has 1 aliphatic rings. The molecule has 9 heavy (non-hydrogen) atoms. The van der Waals surface area contributed by atoms with Crippen LogP contribution in [0.4, 0.5) is 8.78 Å². The lowest BCUT2D eigenvalue weighted by Gasteiger charge is -2.33. The zero-order chi connectivity index (χ0) is 6.91. The third-order valence-electron chi connectivity index (χ3n) is 1.89. The molecular formula is C6H7F2N. The van der Waals surface area contributed by atoms with E-state index in [2.05, 4.69) is 0 Å². The largest absolute Gasteiger partial charge is 0.257 e. The van der Waals surface area contributed by atoms with Crippen LogP contribution < -0.4 is 0 Å². The Kier molecular flexibility index (Phi) is 1.40. The third-order valence-corrected chi connectivity index (χ3v) is 1.89. The quantitative estimate of drug-likeness (QED) is 0.533. The average molecular weight is 131 g/mol. The van der Waals surface area contributed by atoms with Crippen molar-refractivity contribution in [3.8, 4) is 6.07 Å². The minimum atomic E-state index is -2.45. The first-order chi connectivity index (χ1) is 4.21. The van der Waals surface area contributed by atoms with E-state index in [0.29, 0.717) is 12.8 Å². The van der Waals surface area contributed by atoms with Crippen molar-refractivity contribution >= 4 is 0 Å². The van der Waals surface area contributed by atoms with Crippen LogP contribution in [-0.4, -0.2) is 6.43 Å². The predicted octanol–water partition coefficient (Wildman–Crippen LogP) is 1.95. The van der Waals surface area contributed by atoms with Gasteiger partial charge in [0.25, 0.3) is 6.43 Å². The van der Waals surface area contributed by atoms with Crippen LogP contribution >= 0.6 is 0 Å². The molecule has 50 valence electrons. The van der Waals surface area contributed by atoms with Gasteiger partial charge in [-0.05, 0) is 19.3 Å². The van der Waals surface area contributed by atoms with Crippen LogP contribution in [0.2, 0.25) is 0 Å². The van der Waals surface area contributed by atoms with Crippen LogP contribution in [0, 0.1) is 16.7 Å². The Balaban J connectivity index is 2.60. The van der Waals surface area contributed by atoms with Gasteiger partial charge in [-0.15, -0.1) is 0 Å². The van der Waals surface area contributed by atoms with E-state index in [0.717, 1.165) is 6.42 Å². The summed E-state index contributed by atoms with van der Waals surface area (Å²) in [7, 11) is 0. The van der Waals surface area contributed by atoms with Crippen molar-refractivity contribution in [2.75, 3.05) is 0 Å². The topological polar surface area (TPSA) is 23.8 Å². The lowest BCUT2D eigenvalue weighted by atomic mass is 9.70. The summed E-state index contributed by atoms with van der Waals surface area (Å²) in [6, 6.07) is 1.66. The van der Waals surface area contributed by atoms with Crippen LogP contribution in [0.5, 0.6) is 0 Å². The van der Waals surface area contributed by atoms with E-state index in [9.17, 15) is 8.78 Å². The van der Waals surface area contributed by atoms with E-state index in [-0.39, 0.29) is 0 Å². The molecule has 0 aliphatic heterocycles. The minimum absolute atomic E-state index is 0.376. The molecule has 0 unspecified atom stereocenters. The summed E-state index contributed by atoms with van der Waals surface area (Å²) in [6.07, 6.45) is -0.920. The second kappa shape index (κ2) is 1.94. The molecule has 1 nitrogen and oxygen atoms in total. The zero-order valence-corrected chi connectivity index (χ0v) is 4.90. The van der Waals surface area contributed by atoms with Gasteiger partial charge in [0, 0.05) is 0 Å². The van der Waals surface area contributed by atoms with Gasteiger partial charge in [0.05, 0.1) is 6.07 Å². The van der Waals surface area contributed by atoms with Gasteiger partial charge < -0.3 is 0 Å². The average Bonchev–Trinajstić information content (AvgIpc) is 1.62. The highest BCUT2D eigenvalue weighted by Gasteiger charge is 2.45. The second-order valence-electron chi connectivity index (χ2n) is 2.42. The number of halogens is 2. The number of nitrogens with zero attached hydrogens (tertiary/aromatic N) is 1. The molecule has 1 rings (SSSR count). The van der Waals surface area contributed by atoms with E-state index >= 15 is 0 Å². The third kappa shape index (κ3) is 0.787. The standard InChI is InChI=1S/C6H7F2N/c7-5(8)6(4-9)2-1-3-6/h5H,1-3H2. The summed E-state index contributed by atoms with van der Waals surface area (Å²) < 4.78 is 23.8. The van der Waals surface area contributed by atoms with Gasteiger partial charge >= 0.3 is 0 Å². The fourth-order valence-corrected chi connectivity index (χ4v) is 0.936. The van der Waals surface area contributed by atoms with Crippen molar-refractivity contribution in [3.63, 3.8) is 0 Å². The Morgan fingerprint density at radius 1 is 1.44 bits per heavy atom. The van der Waals surface area contributed by atoms with Gasteiger partial charge in [-0.3, -0.25) is 0 Å². The molecule has 0 heterocycles. The van der Waals surface area contributed by atoms with Crippen LogP contribution in [0.1, 0.15) is 19.3 Å². The SMILES string of the molecule is N#CC1(C(F)F)CCC1. The summed E-state index contributed by atoms with van der Waals surface area (Å²) >= 11 is 0. The van der Waals surface area contributed by atoms with Gasteiger partial charge in [0.2, 0.25) is 0 Å². The molecule has 0 atom stereocenters. The lowest BCUT2D eigenvalue weighted by Crippen LogP contribution is -2.34. The fraction of sp³-hybridized carbons (Fsp3) is 0.833. The van der Waals surface area contributed by atoms with Gasteiger partial charge in [-0.2, -0.15) is 5.26 Å². The maximum atomic E-state index is 11.9. The molecule has 0 spiro atoms. The normalized spacial score (nSPS) is 22.9. The molecule has 1 fully saturated rings. The smallest absolute Gasteiger partial charge is 0.209 e. The summed E-state index contributed by atoms with van der Waals surface area (Å²) in [5.41, 5.74) is -1.26. The van der Waals surface area contributed by atoms with E-state index in [1.54, 1.807) is 6.07 Å². The van der Waals surface area contributed by atoms with E-state index in [1.807, 2.05) is 0 Å². The Hall–Kier alpha value is -0.650. The highest BCUT2D eigenvalue weighted by Crippen LogP contribution is 2.44. The lowest BCUT2D eigenvalue weighted by molar-refractivity contribution is -0.0175. The van der Waals surface area contributed by atoms with Gasteiger partial charge in [0.1, 0.15) is 5.41 Å². The number of hydrogen-bond donors (Lipinski definition) is 0. The monoisotopic (exact) mass is 131 g/mol. The van der Waals surface area contributed by atoms with Gasteiger partial charge in [-0.25, -0.2) is 8.78 Å². The molecule has 0 saturated heterocycles. The number of hydrogen-bond acceptors (Lipinski definition) is 1. The second-order valence-corrected chi connectivity index (χ2v) is 2.42. The van der Waals surface area contributed by atoms with Crippen LogP contribution in [0.25, 0.3) is 0 Å². The molecule has 1 saturated carbocycles. The van der Waals surface area contributed by atoms with E-state index in [4.69, 9.17) is 5.26 Å². The Bertz CT molecular complexity index is 144. The zero-order valence-electron chi connectivity index (χ0n) is 4.90. The summed E-state index contributed by atoms with van der Waals surface area (Å²) in [5.74, 6) is 0. The minimum Gasteiger partial charge on any atom is -0.209 e. The first kappa shape index (κ1) is 6.47. The van der Waals surface area contributed by atoms with Crippen LogP contribution in [0.15, 0.2) is 0 Å². The Morgan fingerprint density at radius 2 is 2.00 bits per heavy atom. The Labute approximate surface area is 52.3 Å². The van der Waals surface area contributed by atoms with Crippen molar-refractivity contribution in [3.05, 3.63) is 0 Å². The van der Waals surface area contributed by atoms with E-state index < -0.39 is 11.8 Å². The molecule has 0 bridgehead atoms. The molecule has 1 aliphatic carbocycles. The molecule has 0 radical (unpaired) electrons. The Morgan fingerprint density at radius 3 is 2.00 bits per heavy atom. The molecule has 0 N–H and O–H groups in total. The maximum absolute atomic E-state index is 11.9. The molecular weight excluding hydrogens is 124 g/mol. The first-order valence-corrected chi connectivity index (χ1v) is 2.91. The molecule has 0 aromatic rings. The molecule has 0 aromatic carbocycles. The fourth-order valence-electron chi connectivity index (χ4n) is 0.936.